The first-order chi connectivity index (χ1) is 8.50. The van der Waals surface area contributed by atoms with E-state index in [1.165, 1.54) is 24.6 Å². The average molecular weight is 273 g/mol. The molecule has 2 N–H and O–H groups in total. The Morgan fingerprint density at radius 2 is 2.06 bits per heavy atom. The number of hydrogen-bond donors (Lipinski definition) is 2. The summed E-state index contributed by atoms with van der Waals surface area (Å²) in [6, 6.07) is 0.293. The summed E-state index contributed by atoms with van der Waals surface area (Å²) >= 11 is 1.39. The number of amides is 1. The molecule has 0 unspecified atom stereocenters. The van der Waals surface area contributed by atoms with Crippen molar-refractivity contribution in [3.63, 3.8) is 0 Å². The van der Waals surface area contributed by atoms with Crippen molar-refractivity contribution in [1.82, 2.24) is 5.32 Å². The maximum atomic E-state index is 11.7. The quantitative estimate of drug-likeness (QED) is 0.728. The first-order valence-corrected chi connectivity index (χ1v) is 7.75. The number of rotatable bonds is 6. The van der Waals surface area contributed by atoms with Crippen LogP contribution in [0.25, 0.3) is 0 Å². The maximum absolute atomic E-state index is 11.7. The fraction of sp³-hybridized carbons (Fsp3) is 0.846. The average Bonchev–Trinajstić information content (AvgIpc) is 2.30. The van der Waals surface area contributed by atoms with Crippen LogP contribution in [-0.2, 0) is 9.59 Å². The molecule has 0 heterocycles. The zero-order valence-electron chi connectivity index (χ0n) is 11.1. The van der Waals surface area contributed by atoms with Gasteiger partial charge in [0.05, 0.1) is 12.2 Å². The Bertz CT molecular complexity index is 296. The normalized spacial score (nSPS) is 27.8. The number of hydrogen-bond acceptors (Lipinski definition) is 3. The largest absolute Gasteiger partial charge is 0.481 e. The molecule has 0 radical (unpaired) electrons. The summed E-state index contributed by atoms with van der Waals surface area (Å²) in [6.45, 7) is 4.44. The molecule has 18 heavy (non-hydrogen) atoms. The molecule has 3 atom stereocenters. The van der Waals surface area contributed by atoms with Gasteiger partial charge in [0.2, 0.25) is 5.91 Å². The van der Waals surface area contributed by atoms with Crippen molar-refractivity contribution >= 4 is 23.6 Å². The monoisotopic (exact) mass is 273 g/mol. The zero-order chi connectivity index (χ0) is 13.5. The number of carbonyl (C=O) groups is 2. The van der Waals surface area contributed by atoms with Crippen molar-refractivity contribution in [3.8, 4) is 0 Å². The molecule has 0 saturated heterocycles. The first-order valence-electron chi connectivity index (χ1n) is 6.59. The molecule has 0 aromatic heterocycles. The SMILES string of the molecule is C[C@H]1[C@H](C)CCC[C@@H]1NC(=O)CSCCC(=O)O. The van der Waals surface area contributed by atoms with E-state index in [2.05, 4.69) is 19.2 Å². The second-order valence-electron chi connectivity index (χ2n) is 5.14. The summed E-state index contributed by atoms with van der Waals surface area (Å²) in [4.78, 5) is 22.1. The van der Waals surface area contributed by atoms with Crippen molar-refractivity contribution < 1.29 is 14.7 Å². The van der Waals surface area contributed by atoms with Crippen LogP contribution in [0.5, 0.6) is 0 Å². The molecular weight excluding hydrogens is 250 g/mol. The molecule has 1 rings (SSSR count). The predicted molar refractivity (Wildman–Crippen MR) is 73.7 cm³/mol. The summed E-state index contributed by atoms with van der Waals surface area (Å²) in [6.07, 6.45) is 3.62. The van der Waals surface area contributed by atoms with E-state index in [1.54, 1.807) is 0 Å². The van der Waals surface area contributed by atoms with Crippen LogP contribution in [0.3, 0.4) is 0 Å². The fourth-order valence-electron chi connectivity index (χ4n) is 2.36. The molecule has 5 heteroatoms. The van der Waals surface area contributed by atoms with Gasteiger partial charge in [-0.2, -0.15) is 11.8 Å². The van der Waals surface area contributed by atoms with E-state index in [1.807, 2.05) is 0 Å². The second kappa shape index (κ2) is 7.67. The third-order valence-corrected chi connectivity index (χ3v) is 4.71. The van der Waals surface area contributed by atoms with Crippen molar-refractivity contribution in [3.05, 3.63) is 0 Å². The van der Waals surface area contributed by atoms with Crippen molar-refractivity contribution in [2.45, 2.75) is 45.6 Å². The molecule has 104 valence electrons. The lowest BCUT2D eigenvalue weighted by molar-refractivity contribution is -0.136. The third-order valence-electron chi connectivity index (χ3n) is 3.75. The lowest BCUT2D eigenvalue weighted by Gasteiger charge is -2.34. The number of thioether (sulfide) groups is 1. The van der Waals surface area contributed by atoms with Gasteiger partial charge in [-0.05, 0) is 18.3 Å². The van der Waals surface area contributed by atoms with Gasteiger partial charge in [0.1, 0.15) is 0 Å². The van der Waals surface area contributed by atoms with E-state index < -0.39 is 5.97 Å². The van der Waals surface area contributed by atoms with Gasteiger partial charge in [-0.1, -0.05) is 26.7 Å². The molecule has 0 aromatic carbocycles. The van der Waals surface area contributed by atoms with Gasteiger partial charge in [-0.15, -0.1) is 0 Å². The lowest BCUT2D eigenvalue weighted by Crippen LogP contribution is -2.44. The van der Waals surface area contributed by atoms with Crippen LogP contribution >= 0.6 is 11.8 Å². The predicted octanol–water partition coefficient (Wildman–Crippen LogP) is 2.14. The Morgan fingerprint density at radius 3 is 2.72 bits per heavy atom. The van der Waals surface area contributed by atoms with Crippen molar-refractivity contribution in [1.29, 1.82) is 0 Å². The van der Waals surface area contributed by atoms with E-state index in [9.17, 15) is 9.59 Å². The minimum absolute atomic E-state index is 0.0383. The minimum Gasteiger partial charge on any atom is -0.481 e. The Kier molecular flexibility index (Phi) is 6.54. The first kappa shape index (κ1) is 15.3. The number of carboxylic acid groups (broad SMARTS) is 1. The van der Waals surface area contributed by atoms with Crippen molar-refractivity contribution in [2.75, 3.05) is 11.5 Å². The van der Waals surface area contributed by atoms with E-state index in [4.69, 9.17) is 5.11 Å². The highest BCUT2D eigenvalue weighted by molar-refractivity contribution is 7.99. The van der Waals surface area contributed by atoms with E-state index >= 15 is 0 Å². The molecule has 0 aliphatic heterocycles. The third kappa shape index (κ3) is 5.29. The highest BCUT2D eigenvalue weighted by atomic mass is 32.2. The van der Waals surface area contributed by atoms with Gasteiger partial charge in [-0.3, -0.25) is 9.59 Å². The molecule has 1 saturated carbocycles. The molecule has 1 amide bonds. The fourth-order valence-corrected chi connectivity index (χ4v) is 3.09. The Hall–Kier alpha value is -0.710. The summed E-state index contributed by atoms with van der Waals surface area (Å²) < 4.78 is 0. The Morgan fingerprint density at radius 1 is 1.33 bits per heavy atom. The number of carbonyl (C=O) groups excluding carboxylic acids is 1. The molecule has 4 nitrogen and oxygen atoms in total. The highest BCUT2D eigenvalue weighted by Gasteiger charge is 2.27. The van der Waals surface area contributed by atoms with Gasteiger partial charge >= 0.3 is 5.97 Å². The summed E-state index contributed by atoms with van der Waals surface area (Å²) in [5.74, 6) is 1.30. The van der Waals surface area contributed by atoms with Gasteiger partial charge in [0.15, 0.2) is 0 Å². The smallest absolute Gasteiger partial charge is 0.304 e. The molecule has 0 spiro atoms. The molecule has 0 aromatic rings. The number of aliphatic carboxylic acids is 1. The van der Waals surface area contributed by atoms with Gasteiger partial charge in [-0.25, -0.2) is 0 Å². The standard InChI is InChI=1S/C13H23NO3S/c1-9-4-3-5-11(10(9)2)14-12(15)8-18-7-6-13(16)17/h9-11H,3-8H2,1-2H3,(H,14,15)(H,16,17)/t9-,10+,11+/m1/s1. The van der Waals surface area contributed by atoms with Crippen LogP contribution in [0.15, 0.2) is 0 Å². The van der Waals surface area contributed by atoms with Crippen LogP contribution in [-0.4, -0.2) is 34.5 Å². The number of nitrogens with one attached hydrogen (secondary N) is 1. The minimum atomic E-state index is -0.808. The molecule has 1 aliphatic rings. The summed E-state index contributed by atoms with van der Waals surface area (Å²) in [7, 11) is 0. The topological polar surface area (TPSA) is 66.4 Å². The number of carboxylic acids is 1. The molecule has 1 aliphatic carbocycles. The van der Waals surface area contributed by atoms with Crippen molar-refractivity contribution in [2.24, 2.45) is 11.8 Å². The van der Waals surface area contributed by atoms with E-state index in [0.717, 1.165) is 6.42 Å². The Labute approximate surface area is 113 Å². The van der Waals surface area contributed by atoms with Gasteiger partial charge < -0.3 is 10.4 Å². The van der Waals surface area contributed by atoms with Crippen LogP contribution in [0, 0.1) is 11.8 Å². The van der Waals surface area contributed by atoms with E-state index in [0.29, 0.717) is 29.4 Å². The highest BCUT2D eigenvalue weighted by Crippen LogP contribution is 2.29. The second-order valence-corrected chi connectivity index (χ2v) is 6.24. The maximum Gasteiger partial charge on any atom is 0.304 e. The van der Waals surface area contributed by atoms with Crippen LogP contribution in [0.2, 0.25) is 0 Å². The van der Waals surface area contributed by atoms with E-state index in [-0.39, 0.29) is 12.3 Å². The zero-order valence-corrected chi connectivity index (χ0v) is 12.0. The van der Waals surface area contributed by atoms with Crippen LogP contribution < -0.4 is 5.32 Å². The molecule has 0 bridgehead atoms. The van der Waals surface area contributed by atoms with Gasteiger partial charge in [0, 0.05) is 11.8 Å². The lowest BCUT2D eigenvalue weighted by atomic mass is 9.78. The summed E-state index contributed by atoms with van der Waals surface area (Å²) in [5.41, 5.74) is 0. The van der Waals surface area contributed by atoms with Gasteiger partial charge in [0.25, 0.3) is 0 Å². The summed E-state index contributed by atoms with van der Waals surface area (Å²) in [5, 5.41) is 11.6. The molecule has 1 fully saturated rings. The van der Waals surface area contributed by atoms with Crippen LogP contribution in [0.4, 0.5) is 0 Å². The van der Waals surface area contributed by atoms with Crippen LogP contribution in [0.1, 0.15) is 39.5 Å². The molecular formula is C13H23NO3S. The Balaban J connectivity index is 2.20.